The molecule has 0 saturated carbocycles. The Hall–Kier alpha value is -3.32. The number of carbonyl (C=O) groups excluding carboxylic acids is 2. The van der Waals surface area contributed by atoms with Crippen molar-refractivity contribution in [2.24, 2.45) is 0 Å². The number of anilines is 1. The average Bonchev–Trinajstić information content (AvgIpc) is 3.13. The number of esters is 1. The Bertz CT molecular complexity index is 973. The van der Waals surface area contributed by atoms with Crippen LogP contribution < -0.4 is 10.1 Å². The van der Waals surface area contributed by atoms with Crippen molar-refractivity contribution in [1.29, 1.82) is 0 Å². The number of para-hydroxylation sites is 2. The summed E-state index contributed by atoms with van der Waals surface area (Å²) in [6.45, 7) is 1.57. The predicted octanol–water partition coefficient (Wildman–Crippen LogP) is 3.72. The lowest BCUT2D eigenvalue weighted by molar-refractivity contribution is -0.118. The van der Waals surface area contributed by atoms with Crippen molar-refractivity contribution >= 4 is 29.2 Å². The number of aromatic nitrogens is 2. The second kappa shape index (κ2) is 9.05. The molecule has 1 N–H and O–H groups in total. The molecule has 1 heterocycles. The van der Waals surface area contributed by atoms with Crippen molar-refractivity contribution in [1.82, 2.24) is 9.78 Å². The summed E-state index contributed by atoms with van der Waals surface area (Å²) < 4.78 is 12.1. The van der Waals surface area contributed by atoms with E-state index in [1.165, 1.54) is 10.9 Å². The van der Waals surface area contributed by atoms with E-state index in [1.54, 1.807) is 31.2 Å². The molecule has 1 amide bonds. The van der Waals surface area contributed by atoms with Gasteiger partial charge >= 0.3 is 5.97 Å². The zero-order valence-electron chi connectivity index (χ0n) is 15.1. The Labute approximate surface area is 166 Å². The molecule has 3 aromatic rings. The van der Waals surface area contributed by atoms with Gasteiger partial charge in [0.2, 0.25) is 5.69 Å². The molecule has 2 aromatic carbocycles. The molecule has 1 aromatic heterocycles. The standard InChI is InChI=1S/C20H18ClN3O4/c1-2-27-20(26)19-17(12-24(23-19)14-8-4-3-5-9-14)28-13-18(25)22-16-11-7-6-10-15(16)21/h3-12H,2,13H2,1H3,(H,22,25). The van der Waals surface area contributed by atoms with Gasteiger partial charge in [0.15, 0.2) is 12.4 Å². The highest BCUT2D eigenvalue weighted by molar-refractivity contribution is 6.33. The summed E-state index contributed by atoms with van der Waals surface area (Å²) >= 11 is 6.03. The third-order valence-corrected chi connectivity index (χ3v) is 4.01. The number of halogens is 1. The van der Waals surface area contributed by atoms with Gasteiger partial charge in [-0.1, -0.05) is 41.9 Å². The first-order valence-electron chi connectivity index (χ1n) is 8.58. The van der Waals surface area contributed by atoms with E-state index in [9.17, 15) is 9.59 Å². The Morgan fingerprint density at radius 3 is 2.54 bits per heavy atom. The Kier molecular flexibility index (Phi) is 6.29. The van der Waals surface area contributed by atoms with Gasteiger partial charge in [-0.3, -0.25) is 4.79 Å². The highest BCUT2D eigenvalue weighted by Gasteiger charge is 2.21. The Balaban J connectivity index is 1.76. The third-order valence-electron chi connectivity index (χ3n) is 3.68. The van der Waals surface area contributed by atoms with E-state index in [-0.39, 0.29) is 24.7 Å². The first kappa shape index (κ1) is 19.4. The van der Waals surface area contributed by atoms with Gasteiger partial charge in [0.1, 0.15) is 0 Å². The van der Waals surface area contributed by atoms with Crippen LogP contribution in [0, 0.1) is 0 Å². The van der Waals surface area contributed by atoms with E-state index in [1.807, 2.05) is 30.3 Å². The largest absolute Gasteiger partial charge is 0.480 e. The van der Waals surface area contributed by atoms with Gasteiger partial charge in [-0.25, -0.2) is 9.48 Å². The molecule has 28 heavy (non-hydrogen) atoms. The van der Waals surface area contributed by atoms with E-state index in [0.717, 1.165) is 5.69 Å². The Morgan fingerprint density at radius 2 is 1.82 bits per heavy atom. The summed E-state index contributed by atoms with van der Waals surface area (Å²) in [5.41, 5.74) is 1.21. The number of hydrogen-bond acceptors (Lipinski definition) is 5. The summed E-state index contributed by atoms with van der Waals surface area (Å²) in [7, 11) is 0. The predicted molar refractivity (Wildman–Crippen MR) is 105 cm³/mol. The fourth-order valence-electron chi connectivity index (χ4n) is 2.41. The van der Waals surface area contributed by atoms with Crippen LogP contribution in [0.15, 0.2) is 60.8 Å². The molecule has 0 fully saturated rings. The quantitative estimate of drug-likeness (QED) is 0.612. The Morgan fingerprint density at radius 1 is 1.11 bits per heavy atom. The SMILES string of the molecule is CCOC(=O)c1nn(-c2ccccc2)cc1OCC(=O)Nc1ccccc1Cl. The van der Waals surface area contributed by atoms with Crippen molar-refractivity contribution in [2.75, 3.05) is 18.5 Å². The molecule has 8 heteroatoms. The molecule has 144 valence electrons. The van der Waals surface area contributed by atoms with Crippen LogP contribution in [0.3, 0.4) is 0 Å². The lowest BCUT2D eigenvalue weighted by Crippen LogP contribution is -2.21. The van der Waals surface area contributed by atoms with E-state index < -0.39 is 11.9 Å². The summed E-state index contributed by atoms with van der Waals surface area (Å²) in [6.07, 6.45) is 1.53. The number of hydrogen-bond donors (Lipinski definition) is 1. The second-order valence-electron chi connectivity index (χ2n) is 5.66. The molecule has 0 radical (unpaired) electrons. The minimum absolute atomic E-state index is 0.00348. The van der Waals surface area contributed by atoms with Crippen LogP contribution in [-0.4, -0.2) is 34.9 Å². The normalized spacial score (nSPS) is 10.4. The maximum atomic E-state index is 12.2. The molecule has 0 atom stereocenters. The molecule has 0 unspecified atom stereocenters. The van der Waals surface area contributed by atoms with Crippen molar-refractivity contribution in [3.05, 3.63) is 71.5 Å². The summed E-state index contributed by atoms with van der Waals surface area (Å²) in [4.78, 5) is 24.4. The minimum atomic E-state index is -0.626. The lowest BCUT2D eigenvalue weighted by atomic mass is 10.3. The minimum Gasteiger partial charge on any atom is -0.480 e. The smallest absolute Gasteiger partial charge is 0.362 e. The molecule has 7 nitrogen and oxygen atoms in total. The number of ether oxygens (including phenoxy) is 2. The lowest BCUT2D eigenvalue weighted by Gasteiger charge is -2.08. The topological polar surface area (TPSA) is 82.4 Å². The van der Waals surface area contributed by atoms with Gasteiger partial charge in [-0.15, -0.1) is 0 Å². The summed E-state index contributed by atoms with van der Waals surface area (Å²) in [6, 6.07) is 16.1. The van der Waals surface area contributed by atoms with Crippen LogP contribution >= 0.6 is 11.6 Å². The van der Waals surface area contributed by atoms with Crippen molar-refractivity contribution in [3.63, 3.8) is 0 Å². The van der Waals surface area contributed by atoms with E-state index in [2.05, 4.69) is 10.4 Å². The number of benzene rings is 2. The fourth-order valence-corrected chi connectivity index (χ4v) is 2.59. The first-order chi connectivity index (χ1) is 13.6. The maximum Gasteiger partial charge on any atom is 0.362 e. The van der Waals surface area contributed by atoms with Gasteiger partial charge in [-0.2, -0.15) is 5.10 Å². The van der Waals surface area contributed by atoms with Crippen molar-refractivity contribution in [3.8, 4) is 11.4 Å². The number of nitrogens with zero attached hydrogens (tertiary/aromatic N) is 2. The van der Waals surface area contributed by atoms with Gasteiger partial charge in [-0.05, 0) is 31.2 Å². The number of nitrogens with one attached hydrogen (secondary N) is 1. The van der Waals surface area contributed by atoms with Crippen LogP contribution in [0.1, 0.15) is 17.4 Å². The average molecular weight is 400 g/mol. The third kappa shape index (κ3) is 4.69. The van der Waals surface area contributed by atoms with Crippen LogP contribution in [0.25, 0.3) is 5.69 Å². The van der Waals surface area contributed by atoms with Crippen LogP contribution in [0.4, 0.5) is 5.69 Å². The van der Waals surface area contributed by atoms with Gasteiger partial charge in [0.05, 0.1) is 29.2 Å². The fraction of sp³-hybridized carbons (Fsp3) is 0.150. The monoisotopic (exact) mass is 399 g/mol. The number of carbonyl (C=O) groups is 2. The molecule has 0 aliphatic carbocycles. The number of amides is 1. The molecule has 0 bridgehead atoms. The van der Waals surface area contributed by atoms with Gasteiger partial charge in [0.25, 0.3) is 5.91 Å². The highest BCUT2D eigenvalue weighted by atomic mass is 35.5. The maximum absolute atomic E-state index is 12.2. The van der Waals surface area contributed by atoms with Gasteiger partial charge < -0.3 is 14.8 Å². The van der Waals surface area contributed by atoms with Crippen LogP contribution in [0.2, 0.25) is 5.02 Å². The van der Waals surface area contributed by atoms with Crippen LogP contribution in [-0.2, 0) is 9.53 Å². The molecule has 3 rings (SSSR count). The molecule has 0 aliphatic rings. The summed E-state index contributed by atoms with van der Waals surface area (Å²) in [5.74, 6) is -0.898. The van der Waals surface area contributed by atoms with E-state index in [4.69, 9.17) is 21.1 Å². The molecule has 0 aliphatic heterocycles. The van der Waals surface area contributed by atoms with Crippen molar-refractivity contribution in [2.45, 2.75) is 6.92 Å². The zero-order chi connectivity index (χ0) is 19.9. The van der Waals surface area contributed by atoms with Gasteiger partial charge in [0, 0.05) is 0 Å². The second-order valence-corrected chi connectivity index (χ2v) is 6.07. The number of rotatable bonds is 7. The highest BCUT2D eigenvalue weighted by Crippen LogP contribution is 2.22. The molecular weight excluding hydrogens is 382 g/mol. The summed E-state index contributed by atoms with van der Waals surface area (Å²) in [5, 5.41) is 7.31. The van der Waals surface area contributed by atoms with E-state index >= 15 is 0 Å². The first-order valence-corrected chi connectivity index (χ1v) is 8.95. The van der Waals surface area contributed by atoms with E-state index in [0.29, 0.717) is 10.7 Å². The van der Waals surface area contributed by atoms with Crippen LogP contribution in [0.5, 0.6) is 5.75 Å². The molecule has 0 spiro atoms. The van der Waals surface area contributed by atoms with Crippen molar-refractivity contribution < 1.29 is 19.1 Å². The zero-order valence-corrected chi connectivity index (χ0v) is 15.8. The molecule has 0 saturated heterocycles. The molecular formula is C20H18ClN3O4.